The average molecular weight is 482 g/mol. The second-order valence-electron chi connectivity index (χ2n) is 12.7. The van der Waals surface area contributed by atoms with Crippen LogP contribution in [0.1, 0.15) is 59.6 Å². The van der Waals surface area contributed by atoms with Crippen LogP contribution in [0.3, 0.4) is 0 Å². The molecule has 182 valence electrons. The second-order valence-corrected chi connectivity index (χ2v) is 17.1. The standard InChI is InChI=1S/C33H42NSi/c1-23-29(21-25(32(2,3)4)22-30(23)33(5,6)7)31-28-17-16-27(20-24(28)18-19-34(31)8)35(9,10)26-14-12-11-13-15-26/h11-22H,1-10H3/q+1/i19D. The van der Waals surface area contributed by atoms with Crippen LogP contribution in [0.4, 0.5) is 0 Å². The first-order chi connectivity index (χ1) is 16.6. The number of hydrogen-bond donors (Lipinski definition) is 0. The molecule has 0 aliphatic heterocycles. The van der Waals surface area contributed by atoms with E-state index in [9.17, 15) is 0 Å². The van der Waals surface area contributed by atoms with E-state index in [4.69, 9.17) is 1.37 Å². The van der Waals surface area contributed by atoms with E-state index in [-0.39, 0.29) is 10.8 Å². The summed E-state index contributed by atoms with van der Waals surface area (Å²) in [6.07, 6.45) is 0.534. The highest BCUT2D eigenvalue weighted by Crippen LogP contribution is 2.38. The molecule has 0 amide bonds. The maximum absolute atomic E-state index is 8.88. The van der Waals surface area contributed by atoms with Gasteiger partial charge in [0.05, 0.1) is 10.9 Å². The van der Waals surface area contributed by atoms with Crippen molar-refractivity contribution >= 4 is 29.2 Å². The molecule has 2 heteroatoms. The Balaban J connectivity index is 2.03. The molecule has 35 heavy (non-hydrogen) atoms. The molecule has 3 aromatic carbocycles. The predicted octanol–water partition coefficient (Wildman–Crippen LogP) is 7.06. The van der Waals surface area contributed by atoms with Gasteiger partial charge in [0.25, 0.3) is 0 Å². The van der Waals surface area contributed by atoms with E-state index in [2.05, 4.69) is 127 Å². The van der Waals surface area contributed by atoms with E-state index >= 15 is 0 Å². The van der Waals surface area contributed by atoms with Crippen molar-refractivity contribution in [2.75, 3.05) is 0 Å². The molecule has 0 N–H and O–H groups in total. The number of hydrogen-bond acceptors (Lipinski definition) is 0. The van der Waals surface area contributed by atoms with Crippen LogP contribution in [-0.2, 0) is 17.9 Å². The molecule has 0 atom stereocenters. The Hall–Kier alpha value is -2.71. The molecular weight excluding hydrogens is 438 g/mol. The summed E-state index contributed by atoms with van der Waals surface area (Å²) in [7, 11) is 0.188. The summed E-state index contributed by atoms with van der Waals surface area (Å²) < 4.78 is 10.9. The van der Waals surface area contributed by atoms with Gasteiger partial charge in [0.15, 0.2) is 6.17 Å². The van der Waals surface area contributed by atoms with Crippen molar-refractivity contribution in [1.82, 2.24) is 0 Å². The number of aromatic nitrogens is 1. The summed E-state index contributed by atoms with van der Waals surface area (Å²) in [5.41, 5.74) is 6.47. The normalized spacial score (nSPS) is 13.3. The molecule has 0 fully saturated rings. The van der Waals surface area contributed by atoms with E-state index in [1.54, 1.807) is 0 Å². The number of fused-ring (bicyclic) bond motifs is 1. The van der Waals surface area contributed by atoms with Gasteiger partial charge in [-0.25, -0.2) is 4.57 Å². The van der Waals surface area contributed by atoms with E-state index in [1.807, 2.05) is 13.1 Å². The second kappa shape index (κ2) is 8.75. The van der Waals surface area contributed by atoms with Gasteiger partial charge in [-0.1, -0.05) is 114 Å². The van der Waals surface area contributed by atoms with Crippen molar-refractivity contribution in [3.8, 4) is 11.3 Å². The fourth-order valence-corrected chi connectivity index (χ4v) is 7.59. The van der Waals surface area contributed by atoms with Crippen LogP contribution in [0.25, 0.3) is 22.0 Å². The topological polar surface area (TPSA) is 3.88 Å². The number of rotatable bonds is 3. The summed E-state index contributed by atoms with van der Waals surface area (Å²) >= 11 is 0. The predicted molar refractivity (Wildman–Crippen MR) is 156 cm³/mol. The Morgan fingerprint density at radius 2 is 1.43 bits per heavy atom. The maximum Gasteiger partial charge on any atom is 0.220 e. The molecule has 0 aliphatic rings. The molecule has 0 radical (unpaired) electrons. The van der Waals surface area contributed by atoms with Crippen LogP contribution in [0, 0.1) is 6.92 Å². The monoisotopic (exact) mass is 481 g/mol. The Morgan fingerprint density at radius 3 is 2.03 bits per heavy atom. The lowest BCUT2D eigenvalue weighted by Gasteiger charge is -2.28. The summed E-state index contributed by atoms with van der Waals surface area (Å²) in [4.78, 5) is 0. The molecule has 0 saturated heterocycles. The van der Waals surface area contributed by atoms with Crippen molar-refractivity contribution in [3.63, 3.8) is 0 Å². The van der Waals surface area contributed by atoms with Gasteiger partial charge in [0.2, 0.25) is 5.69 Å². The van der Waals surface area contributed by atoms with Crippen LogP contribution in [0.15, 0.2) is 72.9 Å². The molecule has 0 spiro atoms. The summed E-state index contributed by atoms with van der Waals surface area (Å²) in [6.45, 7) is 20.8. The Labute approximate surface area is 215 Å². The molecule has 1 aromatic heterocycles. The summed E-state index contributed by atoms with van der Waals surface area (Å²) in [5.74, 6) is 0. The third-order valence-electron chi connectivity index (χ3n) is 7.61. The van der Waals surface area contributed by atoms with Gasteiger partial charge in [0, 0.05) is 6.07 Å². The Bertz CT molecular complexity index is 1440. The molecule has 1 nitrogen and oxygen atoms in total. The highest BCUT2D eigenvalue weighted by atomic mass is 28.3. The molecule has 4 rings (SSSR count). The van der Waals surface area contributed by atoms with Crippen LogP contribution < -0.4 is 14.9 Å². The molecule has 0 bridgehead atoms. The first-order valence-corrected chi connectivity index (χ1v) is 15.8. The van der Waals surface area contributed by atoms with Crippen molar-refractivity contribution < 1.29 is 5.94 Å². The zero-order valence-electron chi connectivity index (χ0n) is 24.3. The van der Waals surface area contributed by atoms with E-state index in [0.717, 1.165) is 11.1 Å². The molecule has 0 saturated carbocycles. The van der Waals surface area contributed by atoms with Crippen LogP contribution in [-0.4, -0.2) is 8.07 Å². The van der Waals surface area contributed by atoms with Crippen LogP contribution >= 0.6 is 0 Å². The summed E-state index contributed by atoms with van der Waals surface area (Å²) in [5, 5.41) is 5.20. The van der Waals surface area contributed by atoms with E-state index < -0.39 is 8.07 Å². The lowest BCUT2D eigenvalue weighted by atomic mass is 9.76. The van der Waals surface area contributed by atoms with Crippen LogP contribution in [0.2, 0.25) is 13.1 Å². The SMILES string of the molecule is [2H]c1cc2cc([Si](C)(C)c3ccccc3)ccc2c(-c2cc(C(C)(C)C)cc(C(C)(C)C)c2C)[n+]1C. The maximum atomic E-state index is 8.88. The molecule has 0 aliphatic carbocycles. The quantitative estimate of drug-likeness (QED) is 0.218. The van der Waals surface area contributed by atoms with Gasteiger partial charge in [-0.2, -0.15) is 0 Å². The van der Waals surface area contributed by atoms with Crippen molar-refractivity contribution in [1.29, 1.82) is 0 Å². The van der Waals surface area contributed by atoms with Crippen molar-refractivity contribution in [2.24, 2.45) is 7.05 Å². The minimum absolute atomic E-state index is 0.0333. The largest absolute Gasteiger partial charge is 0.220 e. The zero-order valence-corrected chi connectivity index (χ0v) is 24.3. The van der Waals surface area contributed by atoms with E-state index in [0.29, 0.717) is 6.17 Å². The first-order valence-electron chi connectivity index (χ1n) is 13.3. The lowest BCUT2D eigenvalue weighted by Crippen LogP contribution is -2.52. The van der Waals surface area contributed by atoms with Gasteiger partial charge < -0.3 is 0 Å². The number of benzene rings is 3. The number of pyridine rings is 1. The minimum atomic E-state index is -1.85. The highest BCUT2D eigenvalue weighted by molar-refractivity contribution is 7.00. The fourth-order valence-electron chi connectivity index (χ4n) is 5.22. The zero-order chi connectivity index (χ0) is 26.6. The van der Waals surface area contributed by atoms with Gasteiger partial charge in [-0.15, -0.1) is 0 Å². The van der Waals surface area contributed by atoms with Crippen LogP contribution in [0.5, 0.6) is 0 Å². The van der Waals surface area contributed by atoms with Gasteiger partial charge >= 0.3 is 0 Å². The van der Waals surface area contributed by atoms with E-state index in [1.165, 1.54) is 38.0 Å². The van der Waals surface area contributed by atoms with Crippen molar-refractivity contribution in [3.05, 3.63) is 89.6 Å². The molecule has 1 heterocycles. The molecule has 4 aromatic rings. The Kier molecular flexibility index (Phi) is 6.00. The minimum Gasteiger partial charge on any atom is -0.200 e. The smallest absolute Gasteiger partial charge is 0.200 e. The molecular formula is C33H42NSi+. The molecule has 0 unspecified atom stereocenters. The average Bonchev–Trinajstić information content (AvgIpc) is 2.79. The van der Waals surface area contributed by atoms with Crippen molar-refractivity contribution in [2.45, 2.75) is 72.4 Å². The third-order valence-corrected chi connectivity index (χ3v) is 11.1. The fraction of sp³-hybridized carbons (Fsp3) is 0.364. The highest BCUT2D eigenvalue weighted by Gasteiger charge is 2.29. The van der Waals surface area contributed by atoms with Gasteiger partial charge in [-0.05, 0) is 52.0 Å². The van der Waals surface area contributed by atoms with Gasteiger partial charge in [0.1, 0.15) is 16.5 Å². The van der Waals surface area contributed by atoms with Gasteiger partial charge in [-0.3, -0.25) is 0 Å². The Morgan fingerprint density at radius 1 is 0.771 bits per heavy atom. The first kappa shape index (κ1) is 24.0. The lowest BCUT2D eigenvalue weighted by molar-refractivity contribution is -0.659. The third kappa shape index (κ3) is 4.73. The summed E-state index contributed by atoms with van der Waals surface area (Å²) in [6, 6.07) is 24.7. The number of nitrogens with zero attached hydrogens (tertiary/aromatic N) is 1.